The summed E-state index contributed by atoms with van der Waals surface area (Å²) in [6, 6.07) is 11.0. The molecule has 2 N–H and O–H groups in total. The molecule has 12 heteroatoms. The average Bonchev–Trinajstić information content (AvgIpc) is 3.14. The normalized spacial score (nSPS) is 10.5. The lowest BCUT2D eigenvalue weighted by Crippen LogP contribution is -2.13. The molecular formula is C18H14ClN5O4S2. The van der Waals surface area contributed by atoms with Crippen LogP contribution >= 0.6 is 34.7 Å². The van der Waals surface area contributed by atoms with Gasteiger partial charge in [0.1, 0.15) is 0 Å². The molecule has 2 amide bonds. The van der Waals surface area contributed by atoms with Gasteiger partial charge in [-0.2, -0.15) is 0 Å². The highest BCUT2D eigenvalue weighted by Crippen LogP contribution is 2.27. The fraction of sp³-hybridized carbons (Fsp3) is 0.111. The van der Waals surface area contributed by atoms with Crippen LogP contribution in [0.15, 0.2) is 46.8 Å². The third kappa shape index (κ3) is 5.75. The van der Waals surface area contributed by atoms with Crippen LogP contribution in [0.1, 0.15) is 15.9 Å². The molecule has 0 aliphatic rings. The molecule has 2 aromatic carbocycles. The second-order valence-electron chi connectivity index (χ2n) is 5.95. The number of halogens is 1. The number of aryl methyl sites for hydroxylation is 1. The van der Waals surface area contributed by atoms with E-state index in [-0.39, 0.29) is 33.1 Å². The van der Waals surface area contributed by atoms with Gasteiger partial charge in [0.2, 0.25) is 11.0 Å². The van der Waals surface area contributed by atoms with E-state index in [1.165, 1.54) is 23.9 Å². The van der Waals surface area contributed by atoms with Crippen molar-refractivity contribution in [3.8, 4) is 0 Å². The molecule has 3 aromatic rings. The Morgan fingerprint density at radius 3 is 2.73 bits per heavy atom. The van der Waals surface area contributed by atoms with Crippen molar-refractivity contribution < 1.29 is 14.5 Å². The molecule has 0 saturated carbocycles. The van der Waals surface area contributed by atoms with Gasteiger partial charge in [0, 0.05) is 17.8 Å². The SMILES string of the molecule is Cc1cccc(NC(=O)CSc2nnc(NC(=O)c3cc([N+](=O)[O-])ccc3Cl)s2)c1. The van der Waals surface area contributed by atoms with Crippen LogP contribution in [0, 0.1) is 17.0 Å². The van der Waals surface area contributed by atoms with Gasteiger partial charge in [-0.25, -0.2) is 0 Å². The summed E-state index contributed by atoms with van der Waals surface area (Å²) in [6.07, 6.45) is 0. The summed E-state index contributed by atoms with van der Waals surface area (Å²) >= 11 is 8.21. The zero-order chi connectivity index (χ0) is 21.7. The number of nitro groups is 1. The number of thioether (sulfide) groups is 1. The van der Waals surface area contributed by atoms with Gasteiger partial charge >= 0.3 is 0 Å². The first-order valence-electron chi connectivity index (χ1n) is 8.40. The molecule has 0 atom stereocenters. The maximum absolute atomic E-state index is 12.4. The van der Waals surface area contributed by atoms with Gasteiger partial charge < -0.3 is 5.32 Å². The monoisotopic (exact) mass is 463 g/mol. The van der Waals surface area contributed by atoms with Crippen LogP contribution < -0.4 is 10.6 Å². The number of rotatable bonds is 7. The lowest BCUT2D eigenvalue weighted by molar-refractivity contribution is -0.384. The average molecular weight is 464 g/mol. The highest BCUT2D eigenvalue weighted by Gasteiger charge is 2.18. The van der Waals surface area contributed by atoms with Gasteiger partial charge in [-0.3, -0.25) is 25.0 Å². The van der Waals surface area contributed by atoms with E-state index in [4.69, 9.17) is 11.6 Å². The molecule has 0 bridgehead atoms. The van der Waals surface area contributed by atoms with Gasteiger partial charge in [0.05, 0.1) is 21.3 Å². The first kappa shape index (κ1) is 21.7. The Kier molecular flexibility index (Phi) is 6.98. The van der Waals surface area contributed by atoms with Gasteiger partial charge in [-0.15, -0.1) is 10.2 Å². The van der Waals surface area contributed by atoms with E-state index in [9.17, 15) is 19.7 Å². The second-order valence-corrected chi connectivity index (χ2v) is 8.56. The predicted octanol–water partition coefficient (Wildman–Crippen LogP) is 4.39. The van der Waals surface area contributed by atoms with Crippen molar-refractivity contribution in [1.29, 1.82) is 0 Å². The Morgan fingerprint density at radius 1 is 1.20 bits per heavy atom. The summed E-state index contributed by atoms with van der Waals surface area (Å²) in [7, 11) is 0. The number of carbonyl (C=O) groups excluding carboxylic acids is 2. The van der Waals surface area contributed by atoms with Crippen molar-refractivity contribution >= 4 is 63.0 Å². The Morgan fingerprint density at radius 2 is 2.00 bits per heavy atom. The van der Waals surface area contributed by atoms with E-state index >= 15 is 0 Å². The lowest BCUT2D eigenvalue weighted by atomic mass is 10.2. The number of hydrogen-bond acceptors (Lipinski definition) is 8. The number of nitrogens with one attached hydrogen (secondary N) is 2. The lowest BCUT2D eigenvalue weighted by Gasteiger charge is -2.04. The Hall–Kier alpha value is -3.02. The van der Waals surface area contributed by atoms with Crippen LogP contribution in [-0.4, -0.2) is 32.7 Å². The van der Waals surface area contributed by atoms with E-state index in [1.54, 1.807) is 6.07 Å². The predicted molar refractivity (Wildman–Crippen MR) is 117 cm³/mol. The number of nitrogens with zero attached hydrogens (tertiary/aromatic N) is 3. The number of aromatic nitrogens is 2. The molecule has 30 heavy (non-hydrogen) atoms. The molecule has 9 nitrogen and oxygen atoms in total. The summed E-state index contributed by atoms with van der Waals surface area (Å²) < 4.78 is 0.481. The minimum Gasteiger partial charge on any atom is -0.325 e. The van der Waals surface area contributed by atoms with Gasteiger partial charge in [0.15, 0.2) is 4.34 Å². The van der Waals surface area contributed by atoms with Crippen LogP contribution in [0.5, 0.6) is 0 Å². The summed E-state index contributed by atoms with van der Waals surface area (Å²) in [5.74, 6) is -0.726. The summed E-state index contributed by atoms with van der Waals surface area (Å²) in [5, 5.41) is 24.2. The molecule has 0 saturated heterocycles. The van der Waals surface area contributed by atoms with Crippen molar-refractivity contribution in [2.75, 3.05) is 16.4 Å². The van der Waals surface area contributed by atoms with Crippen LogP contribution in [0.2, 0.25) is 5.02 Å². The van der Waals surface area contributed by atoms with Crippen LogP contribution in [0.25, 0.3) is 0 Å². The highest BCUT2D eigenvalue weighted by molar-refractivity contribution is 8.01. The fourth-order valence-corrected chi connectivity index (χ4v) is 4.08. The smallest absolute Gasteiger partial charge is 0.270 e. The summed E-state index contributed by atoms with van der Waals surface area (Å²) in [5.41, 5.74) is 1.44. The maximum atomic E-state index is 12.4. The molecule has 0 radical (unpaired) electrons. The Balaban J connectivity index is 1.57. The third-order valence-corrected chi connectivity index (χ3v) is 5.96. The molecule has 154 valence electrons. The van der Waals surface area contributed by atoms with Gasteiger partial charge in [0.25, 0.3) is 11.6 Å². The van der Waals surface area contributed by atoms with E-state index in [1.807, 2.05) is 25.1 Å². The van der Waals surface area contributed by atoms with Crippen molar-refractivity contribution in [2.24, 2.45) is 0 Å². The van der Waals surface area contributed by atoms with Crippen LogP contribution in [-0.2, 0) is 4.79 Å². The number of benzene rings is 2. The maximum Gasteiger partial charge on any atom is 0.270 e. The quantitative estimate of drug-likeness (QED) is 0.230. The third-order valence-electron chi connectivity index (χ3n) is 3.66. The molecule has 0 fully saturated rings. The first-order valence-corrected chi connectivity index (χ1v) is 10.6. The van der Waals surface area contributed by atoms with E-state index in [0.29, 0.717) is 10.0 Å². The largest absolute Gasteiger partial charge is 0.325 e. The molecule has 0 aliphatic heterocycles. The number of hydrogen-bond donors (Lipinski definition) is 2. The van der Waals surface area contributed by atoms with Crippen molar-refractivity contribution in [3.63, 3.8) is 0 Å². The Labute approximate surface area is 184 Å². The number of non-ortho nitro benzene ring substituents is 1. The van der Waals surface area contributed by atoms with E-state index in [2.05, 4.69) is 20.8 Å². The number of nitro benzene ring substituents is 1. The molecule has 0 unspecified atom stereocenters. The first-order chi connectivity index (χ1) is 14.3. The number of amides is 2. The molecular weight excluding hydrogens is 450 g/mol. The zero-order valence-electron chi connectivity index (χ0n) is 15.4. The van der Waals surface area contributed by atoms with Crippen molar-refractivity contribution in [3.05, 3.63) is 68.7 Å². The van der Waals surface area contributed by atoms with Crippen molar-refractivity contribution in [1.82, 2.24) is 10.2 Å². The van der Waals surface area contributed by atoms with Crippen LogP contribution in [0.3, 0.4) is 0 Å². The van der Waals surface area contributed by atoms with Gasteiger partial charge in [-0.05, 0) is 30.7 Å². The topological polar surface area (TPSA) is 127 Å². The number of carbonyl (C=O) groups is 2. The molecule has 0 aliphatic carbocycles. The minimum absolute atomic E-state index is 0.0483. The minimum atomic E-state index is -0.645. The second kappa shape index (κ2) is 9.65. The zero-order valence-corrected chi connectivity index (χ0v) is 17.8. The van der Waals surface area contributed by atoms with E-state index < -0.39 is 10.8 Å². The van der Waals surface area contributed by atoms with Crippen molar-refractivity contribution in [2.45, 2.75) is 11.3 Å². The summed E-state index contributed by atoms with van der Waals surface area (Å²) in [6.45, 7) is 1.93. The standard InChI is InChI=1S/C18H14ClN5O4S2/c1-10-3-2-4-11(7-10)20-15(25)9-29-18-23-22-17(30-18)21-16(26)13-8-12(24(27)28)5-6-14(13)19/h2-8H,9H2,1H3,(H,20,25)(H,21,22,26). The van der Waals surface area contributed by atoms with E-state index in [0.717, 1.165) is 23.0 Å². The summed E-state index contributed by atoms with van der Waals surface area (Å²) in [4.78, 5) is 34.7. The van der Waals surface area contributed by atoms with Gasteiger partial charge in [-0.1, -0.05) is 46.8 Å². The number of anilines is 2. The molecule has 1 heterocycles. The molecule has 1 aromatic heterocycles. The van der Waals surface area contributed by atoms with Crippen LogP contribution in [0.4, 0.5) is 16.5 Å². The fourth-order valence-electron chi connectivity index (χ4n) is 2.33. The molecule has 0 spiro atoms. The highest BCUT2D eigenvalue weighted by atomic mass is 35.5. The molecule has 3 rings (SSSR count). The Bertz CT molecular complexity index is 1120.